The summed E-state index contributed by atoms with van der Waals surface area (Å²) < 4.78 is 16.7. The van der Waals surface area contributed by atoms with E-state index < -0.39 is 6.10 Å². The Kier molecular flexibility index (Phi) is 5.05. The van der Waals surface area contributed by atoms with Crippen molar-refractivity contribution in [1.29, 1.82) is 0 Å². The molecule has 5 heteroatoms. The highest BCUT2D eigenvalue weighted by atomic mass is 16.5. The number of methoxy groups -OCH3 is 2. The Morgan fingerprint density at radius 1 is 1.04 bits per heavy atom. The number of benzene rings is 2. The summed E-state index contributed by atoms with van der Waals surface area (Å²) >= 11 is 0. The summed E-state index contributed by atoms with van der Waals surface area (Å²) in [4.78, 5) is 4.53. The minimum atomic E-state index is -0.500. The number of aliphatic hydroxyl groups excluding tert-OH is 1. The molecule has 0 saturated carbocycles. The van der Waals surface area contributed by atoms with Gasteiger partial charge in [-0.15, -0.1) is 0 Å². The fraction of sp³-hybridized carbons (Fsp3) is 0.250. The van der Waals surface area contributed by atoms with Gasteiger partial charge in [-0.1, -0.05) is 12.1 Å². The Balaban J connectivity index is 2.18. The van der Waals surface area contributed by atoms with Gasteiger partial charge in [-0.05, 0) is 37.3 Å². The van der Waals surface area contributed by atoms with Gasteiger partial charge in [-0.3, -0.25) is 4.99 Å². The van der Waals surface area contributed by atoms with E-state index >= 15 is 0 Å². The van der Waals surface area contributed by atoms with Gasteiger partial charge in [0.15, 0.2) is 11.5 Å². The van der Waals surface area contributed by atoms with Crippen molar-refractivity contribution in [3.8, 4) is 22.8 Å². The molecule has 5 nitrogen and oxygen atoms in total. The van der Waals surface area contributed by atoms with E-state index in [1.165, 1.54) is 0 Å². The van der Waals surface area contributed by atoms with Gasteiger partial charge in [-0.2, -0.15) is 0 Å². The number of hydrogen-bond acceptors (Lipinski definition) is 5. The van der Waals surface area contributed by atoms with Crippen LogP contribution in [0.1, 0.15) is 6.92 Å². The van der Waals surface area contributed by atoms with Crippen LogP contribution in [-0.4, -0.2) is 32.0 Å². The van der Waals surface area contributed by atoms with Gasteiger partial charge >= 0.3 is 0 Å². The number of fused-ring (bicyclic) bond motifs is 1. The first-order chi connectivity index (χ1) is 12.1. The Labute approximate surface area is 146 Å². The maximum absolute atomic E-state index is 9.55. The highest BCUT2D eigenvalue weighted by Gasteiger charge is 2.10. The number of hydrogen-bond donors (Lipinski definition) is 1. The molecule has 0 amide bonds. The fourth-order valence-corrected chi connectivity index (χ4v) is 2.61. The van der Waals surface area contributed by atoms with E-state index in [0.29, 0.717) is 23.8 Å². The lowest BCUT2D eigenvalue weighted by molar-refractivity contribution is 0.203. The van der Waals surface area contributed by atoms with Crippen molar-refractivity contribution in [2.45, 2.75) is 13.0 Å². The minimum Gasteiger partial charge on any atom is -0.493 e. The second-order valence-electron chi connectivity index (χ2n) is 5.75. The van der Waals surface area contributed by atoms with E-state index in [1.54, 1.807) is 21.1 Å². The lowest BCUT2D eigenvalue weighted by atomic mass is 10.1. The van der Waals surface area contributed by atoms with Crippen LogP contribution in [0, 0.1) is 0 Å². The van der Waals surface area contributed by atoms with Crippen molar-refractivity contribution in [3.05, 3.63) is 53.9 Å². The van der Waals surface area contributed by atoms with Gasteiger partial charge in [0.1, 0.15) is 11.3 Å². The molecule has 1 unspecified atom stereocenters. The van der Waals surface area contributed by atoms with Crippen LogP contribution in [0.25, 0.3) is 22.3 Å². The molecule has 3 aromatic rings. The van der Waals surface area contributed by atoms with Crippen molar-refractivity contribution in [2.24, 2.45) is 4.99 Å². The molecule has 0 bridgehead atoms. The topological polar surface area (TPSA) is 64.2 Å². The summed E-state index contributed by atoms with van der Waals surface area (Å²) in [6.07, 6.45) is -0.500. The molecular weight excluding hydrogens is 318 g/mol. The van der Waals surface area contributed by atoms with Gasteiger partial charge in [0, 0.05) is 17.0 Å². The number of aliphatic hydroxyl groups is 1. The highest BCUT2D eigenvalue weighted by Crippen LogP contribution is 2.32. The van der Waals surface area contributed by atoms with Crippen LogP contribution in [0.2, 0.25) is 0 Å². The molecule has 0 fully saturated rings. The Hall–Kier alpha value is -2.79. The van der Waals surface area contributed by atoms with Crippen LogP contribution >= 0.6 is 0 Å². The average molecular weight is 339 g/mol. The highest BCUT2D eigenvalue weighted by molar-refractivity contribution is 5.78. The molecule has 1 aromatic heterocycles. The third kappa shape index (κ3) is 3.67. The number of nitrogens with zero attached hydrogens (tertiary/aromatic N) is 1. The van der Waals surface area contributed by atoms with Gasteiger partial charge in [0.25, 0.3) is 0 Å². The lowest BCUT2D eigenvalue weighted by Crippen LogP contribution is -2.11. The third-order valence-corrected chi connectivity index (χ3v) is 3.84. The Bertz CT molecular complexity index is 944. The minimum absolute atomic E-state index is 0.333. The molecule has 0 radical (unpaired) electrons. The normalized spacial score (nSPS) is 13.0. The molecule has 0 aliphatic carbocycles. The van der Waals surface area contributed by atoms with Gasteiger partial charge in [-0.25, -0.2) is 0 Å². The molecule has 1 heterocycles. The van der Waals surface area contributed by atoms with Gasteiger partial charge < -0.3 is 19.0 Å². The fourth-order valence-electron chi connectivity index (χ4n) is 2.61. The first-order valence-corrected chi connectivity index (χ1v) is 8.06. The molecule has 1 N–H and O–H groups in total. The van der Waals surface area contributed by atoms with E-state index in [-0.39, 0.29) is 0 Å². The zero-order chi connectivity index (χ0) is 17.8. The summed E-state index contributed by atoms with van der Waals surface area (Å²) in [7, 11) is 3.20. The number of ether oxygens (including phenoxy) is 2. The molecule has 0 aliphatic rings. The monoisotopic (exact) mass is 339 g/mol. The first-order valence-electron chi connectivity index (χ1n) is 8.06. The van der Waals surface area contributed by atoms with Crippen molar-refractivity contribution in [2.75, 3.05) is 20.8 Å². The van der Waals surface area contributed by atoms with Crippen LogP contribution in [0.3, 0.4) is 0 Å². The molecule has 0 aliphatic heterocycles. The lowest BCUT2D eigenvalue weighted by Gasteiger charge is -2.10. The van der Waals surface area contributed by atoms with Crippen molar-refractivity contribution < 1.29 is 19.0 Å². The molecule has 25 heavy (non-hydrogen) atoms. The quantitative estimate of drug-likeness (QED) is 0.774. The molecule has 3 rings (SSSR count). The van der Waals surface area contributed by atoms with Crippen molar-refractivity contribution in [1.82, 2.24) is 0 Å². The van der Waals surface area contributed by atoms with Crippen molar-refractivity contribution >= 4 is 11.0 Å². The summed E-state index contributed by atoms with van der Waals surface area (Å²) in [5, 5.41) is 11.2. The standard InChI is InChI=1S/C20H21NO4/c1-13(22)12-21-16-11-19(25-17-7-5-4-6-15(16)17)14-8-9-18(23-2)20(10-14)24-3/h4-11,13,22H,12H2,1-3H3. The third-order valence-electron chi connectivity index (χ3n) is 3.84. The van der Waals surface area contributed by atoms with E-state index in [4.69, 9.17) is 13.9 Å². The molecule has 130 valence electrons. The Morgan fingerprint density at radius 2 is 1.80 bits per heavy atom. The molecule has 2 aromatic carbocycles. The predicted molar refractivity (Wildman–Crippen MR) is 96.9 cm³/mol. The number of rotatable bonds is 5. The summed E-state index contributed by atoms with van der Waals surface area (Å²) in [6.45, 7) is 2.05. The van der Waals surface area contributed by atoms with Gasteiger partial charge in [0.2, 0.25) is 0 Å². The maximum atomic E-state index is 9.55. The van der Waals surface area contributed by atoms with Crippen LogP contribution in [0.5, 0.6) is 11.5 Å². The van der Waals surface area contributed by atoms with E-state index in [0.717, 1.165) is 21.9 Å². The van der Waals surface area contributed by atoms with Crippen LogP contribution < -0.4 is 14.8 Å². The predicted octanol–water partition coefficient (Wildman–Crippen LogP) is 3.40. The van der Waals surface area contributed by atoms with Crippen LogP contribution in [0.4, 0.5) is 0 Å². The largest absolute Gasteiger partial charge is 0.493 e. The maximum Gasteiger partial charge on any atom is 0.161 e. The van der Waals surface area contributed by atoms with E-state index in [2.05, 4.69) is 4.99 Å². The summed E-state index contributed by atoms with van der Waals surface area (Å²) in [6, 6.07) is 15.2. The zero-order valence-corrected chi connectivity index (χ0v) is 14.5. The van der Waals surface area contributed by atoms with E-state index in [9.17, 15) is 5.11 Å². The molecule has 0 saturated heterocycles. The van der Waals surface area contributed by atoms with Crippen LogP contribution in [-0.2, 0) is 0 Å². The average Bonchev–Trinajstić information content (AvgIpc) is 2.65. The summed E-state index contributed by atoms with van der Waals surface area (Å²) in [5.41, 5.74) is 1.59. The molecule has 1 atom stereocenters. The van der Waals surface area contributed by atoms with Crippen molar-refractivity contribution in [3.63, 3.8) is 0 Å². The SMILES string of the molecule is COc1ccc(-c2cc(=NCC(C)O)c3ccccc3o2)cc1OC. The molecule has 0 spiro atoms. The second-order valence-corrected chi connectivity index (χ2v) is 5.75. The number of para-hydroxylation sites is 1. The second kappa shape index (κ2) is 7.40. The van der Waals surface area contributed by atoms with Gasteiger partial charge in [0.05, 0.1) is 32.2 Å². The van der Waals surface area contributed by atoms with E-state index in [1.807, 2.05) is 48.5 Å². The molecular formula is C20H21NO4. The smallest absolute Gasteiger partial charge is 0.161 e. The zero-order valence-electron chi connectivity index (χ0n) is 14.5. The van der Waals surface area contributed by atoms with Crippen LogP contribution in [0.15, 0.2) is 57.9 Å². The Morgan fingerprint density at radius 3 is 2.52 bits per heavy atom. The first kappa shape index (κ1) is 17.0. The summed E-state index contributed by atoms with van der Waals surface area (Å²) in [5.74, 6) is 1.96.